The molecular weight excluding hydrogens is 420 g/mol. The van der Waals surface area contributed by atoms with Crippen LogP contribution in [0.25, 0.3) is 0 Å². The molecule has 0 bridgehead atoms. The van der Waals surface area contributed by atoms with Gasteiger partial charge >= 0.3 is 12.2 Å². The molecule has 0 fully saturated rings. The van der Waals surface area contributed by atoms with Gasteiger partial charge in [0.25, 0.3) is 0 Å². The first-order valence-corrected chi connectivity index (χ1v) is 11.3. The molecule has 1 rings (SSSR count). The molecule has 0 spiro atoms. The van der Waals surface area contributed by atoms with Crippen LogP contribution in [0.4, 0.5) is 9.59 Å². The number of unbranched alkanes of at least 4 members (excludes halogenated alkanes) is 2. The van der Waals surface area contributed by atoms with Gasteiger partial charge in [-0.15, -0.1) is 0 Å². The van der Waals surface area contributed by atoms with Crippen LogP contribution in [0.2, 0.25) is 5.02 Å². The van der Waals surface area contributed by atoms with E-state index < -0.39 is 30.7 Å². The number of hydrogen-bond donors (Lipinski definition) is 3. The number of carbonyl (C=O) groups excluding carboxylic acids is 2. The van der Waals surface area contributed by atoms with E-state index >= 15 is 0 Å². The van der Waals surface area contributed by atoms with Crippen molar-refractivity contribution in [2.24, 2.45) is 5.73 Å². The quantitative estimate of drug-likeness (QED) is 0.300. The van der Waals surface area contributed by atoms with Gasteiger partial charge in [-0.05, 0) is 44.4 Å². The van der Waals surface area contributed by atoms with Crippen LogP contribution >= 0.6 is 11.6 Å². The van der Waals surface area contributed by atoms with Gasteiger partial charge in [0, 0.05) is 30.7 Å². The van der Waals surface area contributed by atoms with Gasteiger partial charge in [0.05, 0.1) is 0 Å². The smallest absolute Gasteiger partial charge is 0.408 e. The number of alkyl carbamates (subject to hydrolysis) is 2. The fourth-order valence-corrected chi connectivity index (χ4v) is 3.02. The number of hydrogen-bond acceptors (Lipinski definition) is 6. The van der Waals surface area contributed by atoms with E-state index in [2.05, 4.69) is 10.6 Å². The molecule has 3 atom stereocenters. The minimum atomic E-state index is -0.668. The van der Waals surface area contributed by atoms with E-state index in [0.717, 1.165) is 31.2 Å². The highest BCUT2D eigenvalue weighted by molar-refractivity contribution is 6.30. The predicted octanol–water partition coefficient (Wildman–Crippen LogP) is 4.39. The molecule has 0 aromatic heterocycles. The number of carbonyl (C=O) groups is 2. The lowest BCUT2D eigenvalue weighted by Crippen LogP contribution is -2.49. The molecule has 0 aliphatic rings. The summed E-state index contributed by atoms with van der Waals surface area (Å²) in [5.41, 5.74) is 7.25. The topological polar surface area (TPSA) is 106 Å². The zero-order valence-corrected chi connectivity index (χ0v) is 19.8. The highest BCUT2D eigenvalue weighted by Crippen LogP contribution is 2.19. The van der Waals surface area contributed by atoms with Gasteiger partial charge in [0.1, 0.15) is 0 Å². The minimum Gasteiger partial charge on any atom is -0.430 e. The van der Waals surface area contributed by atoms with Crippen LogP contribution in [-0.4, -0.2) is 49.2 Å². The lowest BCUT2D eigenvalue weighted by Gasteiger charge is -2.35. The monoisotopic (exact) mass is 456 g/mol. The average Bonchev–Trinajstić information content (AvgIpc) is 2.72. The normalized spacial score (nSPS) is 13.9. The van der Waals surface area contributed by atoms with Crippen molar-refractivity contribution in [3.63, 3.8) is 0 Å². The van der Waals surface area contributed by atoms with Gasteiger partial charge in [-0.1, -0.05) is 50.4 Å². The number of amides is 2. The summed E-state index contributed by atoms with van der Waals surface area (Å²) in [5.74, 6) is 0. The summed E-state index contributed by atoms with van der Waals surface area (Å²) in [5, 5.41) is 6.06. The fourth-order valence-electron chi connectivity index (χ4n) is 2.90. The second kappa shape index (κ2) is 14.9. The van der Waals surface area contributed by atoms with Crippen molar-refractivity contribution in [3.05, 3.63) is 34.9 Å². The lowest BCUT2D eigenvalue weighted by atomic mass is 10.1. The Morgan fingerprint density at radius 1 is 0.968 bits per heavy atom. The molecule has 4 N–H and O–H groups in total. The number of halogens is 1. The first-order valence-electron chi connectivity index (χ1n) is 10.9. The van der Waals surface area contributed by atoms with Gasteiger partial charge < -0.3 is 25.8 Å². The molecule has 31 heavy (non-hydrogen) atoms. The number of rotatable bonds is 13. The van der Waals surface area contributed by atoms with Crippen molar-refractivity contribution < 1.29 is 19.1 Å². The van der Waals surface area contributed by atoms with Crippen LogP contribution < -0.4 is 16.4 Å². The number of benzene rings is 1. The maximum absolute atomic E-state index is 12.1. The summed E-state index contributed by atoms with van der Waals surface area (Å²) in [4.78, 5) is 26.0. The van der Waals surface area contributed by atoms with Gasteiger partial charge in [0.15, 0.2) is 12.5 Å². The van der Waals surface area contributed by atoms with E-state index in [9.17, 15) is 9.59 Å². The van der Waals surface area contributed by atoms with Gasteiger partial charge in [-0.2, -0.15) is 0 Å². The predicted molar refractivity (Wildman–Crippen MR) is 123 cm³/mol. The van der Waals surface area contributed by atoms with Crippen LogP contribution in [0, 0.1) is 0 Å². The largest absolute Gasteiger partial charge is 0.430 e. The highest BCUT2D eigenvalue weighted by atomic mass is 35.5. The van der Waals surface area contributed by atoms with E-state index in [1.807, 2.05) is 26.0 Å². The maximum atomic E-state index is 12.1. The molecule has 0 aliphatic heterocycles. The van der Waals surface area contributed by atoms with Crippen LogP contribution in [0.3, 0.4) is 0 Å². The van der Waals surface area contributed by atoms with Crippen molar-refractivity contribution in [1.82, 2.24) is 15.5 Å². The molecule has 0 heterocycles. The van der Waals surface area contributed by atoms with Crippen LogP contribution in [0.15, 0.2) is 24.3 Å². The summed E-state index contributed by atoms with van der Waals surface area (Å²) in [6, 6.07) is 6.82. The molecule has 2 amide bonds. The second-order valence-electron chi connectivity index (χ2n) is 7.42. The Kier molecular flexibility index (Phi) is 13.0. The Morgan fingerprint density at radius 2 is 1.42 bits per heavy atom. The van der Waals surface area contributed by atoms with Gasteiger partial charge in [0.2, 0.25) is 0 Å². The minimum absolute atomic E-state index is 0.300. The molecule has 0 radical (unpaired) electrons. The first kappa shape index (κ1) is 27.0. The number of nitrogens with two attached hydrogens (primary N) is 1. The van der Waals surface area contributed by atoms with E-state index in [-0.39, 0.29) is 0 Å². The number of ether oxygens (including phenoxy) is 2. The SMILES string of the molecule is CCCCNC(=O)OC(C)N(CC(N)c1ccc(Cl)cc1)C(C)OC(=O)NCCCC. The Balaban J connectivity index is 2.82. The lowest BCUT2D eigenvalue weighted by molar-refractivity contribution is -0.0940. The van der Waals surface area contributed by atoms with E-state index in [1.54, 1.807) is 30.9 Å². The Labute approximate surface area is 190 Å². The fraction of sp³-hybridized carbons (Fsp3) is 0.636. The molecule has 3 unspecified atom stereocenters. The first-order chi connectivity index (χ1) is 14.8. The second-order valence-corrected chi connectivity index (χ2v) is 7.86. The molecule has 176 valence electrons. The van der Waals surface area contributed by atoms with E-state index in [1.165, 1.54) is 0 Å². The molecule has 0 saturated carbocycles. The summed E-state index contributed by atoms with van der Waals surface area (Å²) >= 11 is 5.96. The highest BCUT2D eigenvalue weighted by Gasteiger charge is 2.28. The summed E-state index contributed by atoms with van der Waals surface area (Å²) in [6.07, 6.45) is 1.29. The van der Waals surface area contributed by atoms with Crippen molar-refractivity contribution in [1.29, 1.82) is 0 Å². The number of nitrogens with zero attached hydrogens (tertiary/aromatic N) is 1. The summed E-state index contributed by atoms with van der Waals surface area (Å²) < 4.78 is 11.0. The van der Waals surface area contributed by atoms with Crippen molar-refractivity contribution in [3.8, 4) is 0 Å². The number of nitrogens with one attached hydrogen (secondary N) is 2. The van der Waals surface area contributed by atoms with Crippen LogP contribution in [-0.2, 0) is 9.47 Å². The van der Waals surface area contributed by atoms with Crippen molar-refractivity contribution in [2.45, 2.75) is 71.9 Å². The van der Waals surface area contributed by atoms with Crippen LogP contribution in [0.1, 0.15) is 65.0 Å². The van der Waals surface area contributed by atoms with E-state index in [4.69, 9.17) is 26.8 Å². The molecule has 8 nitrogen and oxygen atoms in total. The van der Waals surface area contributed by atoms with E-state index in [0.29, 0.717) is 24.7 Å². The Hall–Kier alpha value is -2.03. The summed E-state index contributed by atoms with van der Waals surface area (Å²) in [7, 11) is 0. The van der Waals surface area contributed by atoms with Crippen LogP contribution in [0.5, 0.6) is 0 Å². The third-order valence-corrected chi connectivity index (χ3v) is 5.05. The standard InChI is InChI=1S/C22H37ClN4O4/c1-5-7-13-25-21(28)30-16(3)27(17(4)31-22(29)26-14-8-6-2)15-20(24)18-9-11-19(23)12-10-18/h9-12,16-17,20H,5-8,13-15,24H2,1-4H3,(H,25,28)(H,26,29). The van der Waals surface area contributed by atoms with Crippen molar-refractivity contribution in [2.75, 3.05) is 19.6 Å². The molecular formula is C22H37ClN4O4. The van der Waals surface area contributed by atoms with Gasteiger partial charge in [-0.25, -0.2) is 14.5 Å². The molecule has 0 saturated heterocycles. The average molecular weight is 457 g/mol. The third kappa shape index (κ3) is 10.7. The zero-order chi connectivity index (χ0) is 23.2. The maximum Gasteiger partial charge on any atom is 0.408 e. The zero-order valence-electron chi connectivity index (χ0n) is 19.0. The molecule has 0 aliphatic carbocycles. The third-order valence-electron chi connectivity index (χ3n) is 4.79. The molecule has 1 aromatic rings. The molecule has 1 aromatic carbocycles. The Bertz CT molecular complexity index is 629. The Morgan fingerprint density at radius 3 is 1.84 bits per heavy atom. The van der Waals surface area contributed by atoms with Crippen molar-refractivity contribution >= 4 is 23.8 Å². The molecule has 9 heteroatoms. The van der Waals surface area contributed by atoms with Gasteiger partial charge in [-0.3, -0.25) is 0 Å². The summed E-state index contributed by atoms with van der Waals surface area (Å²) in [6.45, 7) is 8.91.